The normalized spacial score (nSPS) is 20.6. The van der Waals surface area contributed by atoms with Crippen molar-refractivity contribution in [3.8, 4) is 11.5 Å². The summed E-state index contributed by atoms with van der Waals surface area (Å²) in [5.41, 5.74) is 0.478. The van der Waals surface area contributed by atoms with E-state index in [9.17, 15) is 22.8 Å². The third-order valence-corrected chi connectivity index (χ3v) is 5.85. The lowest BCUT2D eigenvalue weighted by atomic mass is 10.1. The lowest BCUT2D eigenvalue weighted by Gasteiger charge is -2.47. The van der Waals surface area contributed by atoms with Crippen LogP contribution >= 0.6 is 11.6 Å². The van der Waals surface area contributed by atoms with E-state index in [0.29, 0.717) is 22.9 Å². The Morgan fingerprint density at radius 2 is 1.57 bits per heavy atom. The number of carbonyl (C=O) groups excluding carboxylic acids is 2. The number of carbonyl (C=O) groups is 2. The molecule has 2 fully saturated rings. The fourth-order valence-corrected chi connectivity index (χ4v) is 4.22. The van der Waals surface area contributed by atoms with Crippen LogP contribution in [0.4, 0.5) is 13.2 Å². The number of hydrogen-bond donors (Lipinski definition) is 0. The van der Waals surface area contributed by atoms with Crippen LogP contribution in [0.15, 0.2) is 42.5 Å². The minimum Gasteiger partial charge on any atom is -0.496 e. The fraction of sp³-hybridized carbons (Fsp3) is 0.391. The van der Waals surface area contributed by atoms with E-state index in [1.807, 2.05) is 0 Å². The van der Waals surface area contributed by atoms with Crippen molar-refractivity contribution in [1.82, 2.24) is 9.80 Å². The number of methoxy groups -OCH3 is 1. The summed E-state index contributed by atoms with van der Waals surface area (Å²) in [6.45, 7) is 0.978. The molecule has 0 radical (unpaired) electrons. The van der Waals surface area contributed by atoms with Gasteiger partial charge in [-0.25, -0.2) is 0 Å². The highest BCUT2D eigenvalue weighted by Gasteiger charge is 2.45. The Kier molecular flexibility index (Phi) is 7.11. The number of amides is 2. The van der Waals surface area contributed by atoms with Crippen LogP contribution in [0.5, 0.6) is 11.5 Å². The van der Waals surface area contributed by atoms with E-state index in [-0.39, 0.29) is 44.3 Å². The number of nitrogens with zero attached hydrogens (tertiary/aromatic N) is 2. The third kappa shape index (κ3) is 5.80. The highest BCUT2D eigenvalue weighted by Crippen LogP contribution is 2.30. The van der Waals surface area contributed by atoms with Gasteiger partial charge in [-0.2, -0.15) is 0 Å². The van der Waals surface area contributed by atoms with Crippen molar-refractivity contribution in [2.45, 2.75) is 12.1 Å². The van der Waals surface area contributed by atoms with Crippen molar-refractivity contribution >= 4 is 23.4 Å². The summed E-state index contributed by atoms with van der Waals surface area (Å²) in [5.74, 6) is -2.02. The predicted molar refractivity (Wildman–Crippen MR) is 118 cm³/mol. The van der Waals surface area contributed by atoms with Gasteiger partial charge in [0.1, 0.15) is 11.5 Å². The summed E-state index contributed by atoms with van der Waals surface area (Å²) in [6.07, 6.45) is -4.82. The molecular formula is C23H22ClF3N2O6. The number of hydrogen-bond acceptors (Lipinski definition) is 6. The predicted octanol–water partition coefficient (Wildman–Crippen LogP) is 3.59. The van der Waals surface area contributed by atoms with Crippen LogP contribution in [0.1, 0.15) is 20.7 Å². The Balaban J connectivity index is 1.47. The van der Waals surface area contributed by atoms with Gasteiger partial charge in [-0.1, -0.05) is 11.6 Å². The molecule has 1 spiro atoms. The van der Waals surface area contributed by atoms with Gasteiger partial charge < -0.3 is 28.7 Å². The first kappa shape index (κ1) is 25.1. The molecule has 2 saturated heterocycles. The maximum atomic E-state index is 13.2. The standard InChI is InChI=1S/C23H22ClF3N2O6/c1-32-19-7-4-16(24)12-18(19)21(31)29-9-11-34-22(14-29)13-28(8-10-33-22)20(30)15-2-5-17(6-3-15)35-23(25,26)27/h2-7,12H,8-11,13-14H2,1H3. The van der Waals surface area contributed by atoms with Crippen molar-refractivity contribution in [1.29, 1.82) is 0 Å². The number of morpholine rings is 2. The highest BCUT2D eigenvalue weighted by atomic mass is 35.5. The zero-order valence-electron chi connectivity index (χ0n) is 18.6. The molecule has 188 valence electrons. The van der Waals surface area contributed by atoms with Crippen LogP contribution in [0.2, 0.25) is 5.02 Å². The number of halogens is 4. The van der Waals surface area contributed by atoms with Crippen LogP contribution in [0.3, 0.4) is 0 Å². The number of rotatable bonds is 4. The van der Waals surface area contributed by atoms with Gasteiger partial charge in [-0.05, 0) is 42.5 Å². The summed E-state index contributed by atoms with van der Waals surface area (Å²) in [6, 6.07) is 9.42. The first-order chi connectivity index (χ1) is 16.6. The topological polar surface area (TPSA) is 77.5 Å². The molecule has 35 heavy (non-hydrogen) atoms. The molecule has 8 nitrogen and oxygen atoms in total. The summed E-state index contributed by atoms with van der Waals surface area (Å²) in [4.78, 5) is 29.3. The minimum absolute atomic E-state index is 0.0308. The summed E-state index contributed by atoms with van der Waals surface area (Å²) in [7, 11) is 1.45. The van der Waals surface area contributed by atoms with E-state index in [2.05, 4.69) is 4.74 Å². The van der Waals surface area contributed by atoms with Gasteiger partial charge in [0, 0.05) is 23.7 Å². The largest absolute Gasteiger partial charge is 0.573 e. The van der Waals surface area contributed by atoms with Crippen LogP contribution in [0.25, 0.3) is 0 Å². The van der Waals surface area contributed by atoms with Gasteiger partial charge in [0.15, 0.2) is 0 Å². The SMILES string of the molecule is COc1ccc(Cl)cc1C(=O)N1CCOC2(CN(C(=O)c3ccc(OC(F)(F)F)cc3)CCO2)C1. The fourth-order valence-electron chi connectivity index (χ4n) is 4.04. The molecule has 2 aromatic carbocycles. The zero-order valence-corrected chi connectivity index (χ0v) is 19.4. The highest BCUT2D eigenvalue weighted by molar-refractivity contribution is 6.31. The molecular weight excluding hydrogens is 493 g/mol. The molecule has 4 rings (SSSR count). The minimum atomic E-state index is -4.82. The lowest BCUT2D eigenvalue weighted by Crippen LogP contribution is -2.63. The molecule has 2 amide bonds. The molecule has 0 bridgehead atoms. The average molecular weight is 515 g/mol. The van der Waals surface area contributed by atoms with Gasteiger partial charge in [0.05, 0.1) is 39.0 Å². The van der Waals surface area contributed by atoms with E-state index in [4.69, 9.17) is 25.8 Å². The molecule has 2 aliphatic heterocycles. The second-order valence-corrected chi connectivity index (χ2v) is 8.41. The van der Waals surface area contributed by atoms with Crippen molar-refractivity contribution in [2.24, 2.45) is 0 Å². The second-order valence-electron chi connectivity index (χ2n) is 7.98. The molecule has 2 heterocycles. The van der Waals surface area contributed by atoms with E-state index in [0.717, 1.165) is 12.1 Å². The van der Waals surface area contributed by atoms with Crippen LogP contribution < -0.4 is 9.47 Å². The van der Waals surface area contributed by atoms with Crippen molar-refractivity contribution in [3.63, 3.8) is 0 Å². The van der Waals surface area contributed by atoms with Crippen LogP contribution in [0, 0.1) is 0 Å². The molecule has 0 N–H and O–H groups in total. The van der Waals surface area contributed by atoms with Gasteiger partial charge in [0.2, 0.25) is 5.79 Å². The Morgan fingerprint density at radius 1 is 0.971 bits per heavy atom. The molecule has 0 saturated carbocycles. The monoisotopic (exact) mass is 514 g/mol. The zero-order chi connectivity index (χ0) is 25.2. The first-order valence-corrected chi connectivity index (χ1v) is 11.0. The summed E-state index contributed by atoms with van der Waals surface area (Å²) >= 11 is 6.07. The number of ether oxygens (including phenoxy) is 4. The van der Waals surface area contributed by atoms with Crippen LogP contribution in [-0.2, 0) is 9.47 Å². The molecule has 12 heteroatoms. The first-order valence-electron chi connectivity index (χ1n) is 10.6. The lowest BCUT2D eigenvalue weighted by molar-refractivity contribution is -0.282. The third-order valence-electron chi connectivity index (χ3n) is 5.62. The quantitative estimate of drug-likeness (QED) is 0.620. The number of benzene rings is 2. The summed E-state index contributed by atoms with van der Waals surface area (Å²) < 4.78 is 58.1. The maximum Gasteiger partial charge on any atom is 0.573 e. The molecule has 0 aliphatic carbocycles. The Morgan fingerprint density at radius 3 is 2.14 bits per heavy atom. The Labute approximate surface area is 204 Å². The van der Waals surface area contributed by atoms with Crippen molar-refractivity contribution in [3.05, 3.63) is 58.6 Å². The molecule has 2 aromatic rings. The van der Waals surface area contributed by atoms with Gasteiger partial charge in [-0.3, -0.25) is 9.59 Å². The molecule has 0 aromatic heterocycles. The molecule has 1 atom stereocenters. The Hall–Kier alpha value is -3.02. The smallest absolute Gasteiger partial charge is 0.496 e. The van der Waals surface area contributed by atoms with E-state index in [1.54, 1.807) is 17.0 Å². The average Bonchev–Trinajstić information content (AvgIpc) is 2.82. The van der Waals surface area contributed by atoms with Crippen LogP contribution in [-0.4, -0.2) is 80.3 Å². The van der Waals surface area contributed by atoms with E-state index >= 15 is 0 Å². The summed E-state index contributed by atoms with van der Waals surface area (Å²) in [5, 5.41) is 0.384. The van der Waals surface area contributed by atoms with Gasteiger partial charge in [0.25, 0.3) is 11.8 Å². The Bertz CT molecular complexity index is 1090. The second kappa shape index (κ2) is 9.92. The van der Waals surface area contributed by atoms with E-state index < -0.39 is 23.8 Å². The van der Waals surface area contributed by atoms with Gasteiger partial charge in [-0.15, -0.1) is 13.2 Å². The van der Waals surface area contributed by atoms with Crippen molar-refractivity contribution < 1.29 is 41.7 Å². The molecule has 1 unspecified atom stereocenters. The van der Waals surface area contributed by atoms with E-state index in [1.165, 1.54) is 30.2 Å². The van der Waals surface area contributed by atoms with Gasteiger partial charge >= 0.3 is 6.36 Å². The number of alkyl halides is 3. The van der Waals surface area contributed by atoms with Crippen molar-refractivity contribution in [2.75, 3.05) is 46.5 Å². The molecule has 2 aliphatic rings. The maximum absolute atomic E-state index is 13.2.